The molecule has 1 amide bonds. The Bertz CT molecular complexity index is 397. The van der Waals surface area contributed by atoms with Gasteiger partial charge in [-0.2, -0.15) is 0 Å². The highest BCUT2D eigenvalue weighted by Gasteiger charge is 2.10. The maximum absolute atomic E-state index is 11.7. The summed E-state index contributed by atoms with van der Waals surface area (Å²) in [5.41, 5.74) is 1.05. The van der Waals surface area contributed by atoms with Gasteiger partial charge in [-0.1, -0.05) is 0 Å². The third kappa shape index (κ3) is 4.87. The van der Waals surface area contributed by atoms with Crippen molar-refractivity contribution in [1.82, 2.24) is 5.32 Å². The first-order chi connectivity index (χ1) is 8.00. The molecule has 0 aliphatic rings. The van der Waals surface area contributed by atoms with Crippen LogP contribution >= 0.6 is 27.3 Å². The van der Waals surface area contributed by atoms with E-state index in [1.54, 1.807) is 0 Å². The second-order valence-electron chi connectivity index (χ2n) is 3.67. The van der Waals surface area contributed by atoms with Crippen molar-refractivity contribution in [2.45, 2.75) is 26.2 Å². The van der Waals surface area contributed by atoms with Crippen LogP contribution in [0.25, 0.3) is 0 Å². The Balaban J connectivity index is 2.28. The second kappa shape index (κ2) is 6.76. The number of hydrogen-bond donors (Lipinski definition) is 2. The van der Waals surface area contributed by atoms with Gasteiger partial charge in [-0.15, -0.1) is 11.3 Å². The third-order valence-electron chi connectivity index (χ3n) is 2.18. The van der Waals surface area contributed by atoms with Gasteiger partial charge in [-0.3, -0.25) is 9.59 Å². The fraction of sp³-hybridized carbons (Fsp3) is 0.455. The van der Waals surface area contributed by atoms with E-state index in [-0.39, 0.29) is 12.3 Å². The molecule has 0 spiro atoms. The average Bonchev–Trinajstić information content (AvgIpc) is 2.58. The number of aliphatic carboxylic acids is 1. The summed E-state index contributed by atoms with van der Waals surface area (Å²) in [7, 11) is 0. The van der Waals surface area contributed by atoms with Crippen LogP contribution in [0.3, 0.4) is 0 Å². The van der Waals surface area contributed by atoms with Crippen LogP contribution < -0.4 is 5.32 Å². The SMILES string of the molecule is Cc1cc(C(=O)NCCCCC(=O)O)sc1Br. The maximum atomic E-state index is 11.7. The molecule has 0 radical (unpaired) electrons. The van der Waals surface area contributed by atoms with Gasteiger partial charge in [0.25, 0.3) is 5.91 Å². The van der Waals surface area contributed by atoms with Crippen LogP contribution in [-0.2, 0) is 4.79 Å². The van der Waals surface area contributed by atoms with Crippen LogP contribution in [0.15, 0.2) is 9.85 Å². The molecule has 0 aliphatic carbocycles. The molecule has 0 atom stereocenters. The molecular formula is C11H14BrNO3S. The van der Waals surface area contributed by atoms with Gasteiger partial charge in [0, 0.05) is 13.0 Å². The summed E-state index contributed by atoms with van der Waals surface area (Å²) >= 11 is 4.77. The van der Waals surface area contributed by atoms with Crippen LogP contribution in [0.2, 0.25) is 0 Å². The minimum atomic E-state index is -0.797. The third-order valence-corrected chi connectivity index (χ3v) is 4.32. The Hall–Kier alpha value is -0.880. The number of rotatable bonds is 6. The summed E-state index contributed by atoms with van der Waals surface area (Å²) in [4.78, 5) is 22.6. The number of carbonyl (C=O) groups is 2. The number of carboxylic acid groups (broad SMARTS) is 1. The fourth-order valence-electron chi connectivity index (χ4n) is 1.26. The van der Waals surface area contributed by atoms with Crippen LogP contribution in [0.5, 0.6) is 0 Å². The van der Waals surface area contributed by atoms with Gasteiger partial charge >= 0.3 is 5.97 Å². The van der Waals surface area contributed by atoms with E-state index >= 15 is 0 Å². The minimum absolute atomic E-state index is 0.0980. The van der Waals surface area contributed by atoms with E-state index in [9.17, 15) is 9.59 Å². The number of nitrogens with one attached hydrogen (secondary N) is 1. The zero-order valence-electron chi connectivity index (χ0n) is 9.46. The Kier molecular flexibility index (Phi) is 5.64. The summed E-state index contributed by atoms with van der Waals surface area (Å²) in [6.45, 7) is 2.45. The maximum Gasteiger partial charge on any atom is 0.303 e. The number of hydrogen-bond acceptors (Lipinski definition) is 3. The summed E-state index contributed by atoms with van der Waals surface area (Å²) in [5.74, 6) is -0.895. The summed E-state index contributed by atoms with van der Waals surface area (Å²) < 4.78 is 0.966. The van der Waals surface area contributed by atoms with Gasteiger partial charge in [0.2, 0.25) is 0 Å². The second-order valence-corrected chi connectivity index (χ2v) is 6.04. The average molecular weight is 320 g/mol. The molecule has 0 aliphatic heterocycles. The largest absolute Gasteiger partial charge is 0.481 e. The van der Waals surface area contributed by atoms with Crippen molar-refractivity contribution in [2.24, 2.45) is 0 Å². The molecule has 1 rings (SSSR count). The molecule has 2 N–H and O–H groups in total. The molecular weight excluding hydrogens is 306 g/mol. The van der Waals surface area contributed by atoms with Crippen molar-refractivity contribution in [3.63, 3.8) is 0 Å². The van der Waals surface area contributed by atoms with Gasteiger partial charge in [-0.25, -0.2) is 0 Å². The van der Waals surface area contributed by atoms with Gasteiger partial charge in [0.15, 0.2) is 0 Å². The molecule has 0 fully saturated rings. The number of aryl methyl sites for hydroxylation is 1. The normalized spacial score (nSPS) is 10.2. The molecule has 94 valence electrons. The summed E-state index contributed by atoms with van der Waals surface area (Å²) in [5, 5.41) is 11.2. The number of halogens is 1. The lowest BCUT2D eigenvalue weighted by molar-refractivity contribution is -0.137. The quantitative estimate of drug-likeness (QED) is 0.792. The lowest BCUT2D eigenvalue weighted by atomic mass is 10.2. The number of unbranched alkanes of at least 4 members (excludes halogenated alkanes) is 1. The van der Waals surface area contributed by atoms with Crippen molar-refractivity contribution in [3.05, 3.63) is 20.3 Å². The highest BCUT2D eigenvalue weighted by atomic mass is 79.9. The van der Waals surface area contributed by atoms with Gasteiger partial charge in [-0.05, 0) is 47.3 Å². The van der Waals surface area contributed by atoms with Crippen molar-refractivity contribution in [2.75, 3.05) is 6.54 Å². The van der Waals surface area contributed by atoms with Crippen molar-refractivity contribution < 1.29 is 14.7 Å². The molecule has 1 heterocycles. The van der Waals surface area contributed by atoms with Crippen LogP contribution in [0, 0.1) is 6.92 Å². The highest BCUT2D eigenvalue weighted by Crippen LogP contribution is 2.27. The first-order valence-corrected chi connectivity index (χ1v) is 6.87. The highest BCUT2D eigenvalue weighted by molar-refractivity contribution is 9.11. The lowest BCUT2D eigenvalue weighted by Gasteiger charge is -2.02. The summed E-state index contributed by atoms with van der Waals surface area (Å²) in [6.07, 6.45) is 1.42. The number of amides is 1. The lowest BCUT2D eigenvalue weighted by Crippen LogP contribution is -2.23. The van der Waals surface area contributed by atoms with Crippen LogP contribution in [0.4, 0.5) is 0 Å². The molecule has 0 unspecified atom stereocenters. The van der Waals surface area contributed by atoms with Gasteiger partial charge in [0.1, 0.15) is 0 Å². The first-order valence-electron chi connectivity index (χ1n) is 5.26. The molecule has 6 heteroatoms. The molecule has 4 nitrogen and oxygen atoms in total. The molecule has 0 bridgehead atoms. The van der Waals surface area contributed by atoms with Crippen LogP contribution in [-0.4, -0.2) is 23.5 Å². The molecule has 17 heavy (non-hydrogen) atoms. The van der Waals surface area contributed by atoms with Crippen molar-refractivity contribution in [3.8, 4) is 0 Å². The predicted molar refractivity (Wildman–Crippen MR) is 70.6 cm³/mol. The van der Waals surface area contributed by atoms with E-state index in [2.05, 4.69) is 21.2 Å². The van der Waals surface area contributed by atoms with E-state index in [0.29, 0.717) is 24.3 Å². The Morgan fingerprint density at radius 3 is 2.71 bits per heavy atom. The fourth-order valence-corrected chi connectivity index (χ4v) is 2.71. The zero-order valence-corrected chi connectivity index (χ0v) is 11.9. The van der Waals surface area contributed by atoms with Gasteiger partial charge < -0.3 is 10.4 Å². The Morgan fingerprint density at radius 1 is 1.47 bits per heavy atom. The van der Waals surface area contributed by atoms with E-state index < -0.39 is 5.97 Å². The molecule has 0 aromatic carbocycles. The molecule has 1 aromatic rings. The van der Waals surface area contributed by atoms with Crippen molar-refractivity contribution in [1.29, 1.82) is 0 Å². The predicted octanol–water partition coefficient (Wildman–Crippen LogP) is 2.80. The molecule has 0 saturated heterocycles. The monoisotopic (exact) mass is 319 g/mol. The van der Waals surface area contributed by atoms with E-state index in [1.165, 1.54) is 11.3 Å². The minimum Gasteiger partial charge on any atom is -0.481 e. The Morgan fingerprint density at radius 2 is 2.18 bits per heavy atom. The summed E-state index contributed by atoms with van der Waals surface area (Å²) in [6, 6.07) is 1.83. The molecule has 0 saturated carbocycles. The number of carboxylic acids is 1. The topological polar surface area (TPSA) is 66.4 Å². The Labute approximate surface area is 112 Å². The smallest absolute Gasteiger partial charge is 0.303 e. The van der Waals surface area contributed by atoms with Crippen molar-refractivity contribution >= 4 is 39.1 Å². The van der Waals surface area contributed by atoms with Gasteiger partial charge in [0.05, 0.1) is 8.66 Å². The molecule has 1 aromatic heterocycles. The van der Waals surface area contributed by atoms with E-state index in [4.69, 9.17) is 5.11 Å². The van der Waals surface area contributed by atoms with E-state index in [1.807, 2.05) is 13.0 Å². The first kappa shape index (κ1) is 14.2. The van der Waals surface area contributed by atoms with Crippen LogP contribution in [0.1, 0.15) is 34.5 Å². The van der Waals surface area contributed by atoms with E-state index in [0.717, 1.165) is 9.35 Å². The number of thiophene rings is 1. The number of carbonyl (C=O) groups excluding carboxylic acids is 1. The standard InChI is InChI=1S/C11H14BrNO3S/c1-7-6-8(17-10(7)12)11(16)13-5-3-2-4-9(14)15/h6H,2-5H2,1H3,(H,13,16)(H,14,15). The zero-order chi connectivity index (χ0) is 12.8.